The zero-order valence-corrected chi connectivity index (χ0v) is 9.71. The Hall–Kier alpha value is -2.30. The molecule has 3 N–H and O–H groups in total. The van der Waals surface area contributed by atoms with Gasteiger partial charge in [-0.05, 0) is 30.3 Å². The molecule has 0 atom stereocenters. The van der Waals surface area contributed by atoms with Crippen molar-refractivity contribution in [1.29, 1.82) is 0 Å². The van der Waals surface area contributed by atoms with Crippen LogP contribution in [0, 0.1) is 11.6 Å². The molecule has 0 amide bonds. The average Bonchev–Trinajstić information content (AvgIpc) is 2.35. The Kier molecular flexibility index (Phi) is 3.32. The van der Waals surface area contributed by atoms with Gasteiger partial charge in [-0.15, -0.1) is 0 Å². The quantitative estimate of drug-likeness (QED) is 0.822. The number of methoxy groups -OCH3 is 1. The fraction of sp³-hybridized carbons (Fsp3) is 0.0769. The fourth-order valence-electron chi connectivity index (χ4n) is 1.54. The number of nitrogens with two attached hydrogens (primary N) is 1. The summed E-state index contributed by atoms with van der Waals surface area (Å²) in [5.41, 5.74) is 7.09. The van der Waals surface area contributed by atoms with E-state index in [0.717, 1.165) is 0 Å². The molecular weight excluding hydrogens is 238 g/mol. The third-order valence-corrected chi connectivity index (χ3v) is 2.44. The molecule has 2 aromatic rings. The molecule has 0 aliphatic heterocycles. The second-order valence-corrected chi connectivity index (χ2v) is 3.71. The lowest BCUT2D eigenvalue weighted by atomic mass is 10.2. The second-order valence-electron chi connectivity index (χ2n) is 3.71. The first-order valence-electron chi connectivity index (χ1n) is 5.26. The van der Waals surface area contributed by atoms with Crippen molar-refractivity contribution < 1.29 is 13.5 Å². The number of ether oxygens (including phenoxy) is 1. The van der Waals surface area contributed by atoms with E-state index in [2.05, 4.69) is 5.32 Å². The van der Waals surface area contributed by atoms with Crippen molar-refractivity contribution in [2.45, 2.75) is 0 Å². The maximum absolute atomic E-state index is 13.2. The smallest absolute Gasteiger partial charge is 0.165 e. The largest absolute Gasteiger partial charge is 0.494 e. The van der Waals surface area contributed by atoms with E-state index in [1.54, 1.807) is 6.07 Å². The molecule has 2 aromatic carbocycles. The predicted molar refractivity (Wildman–Crippen MR) is 67.0 cm³/mol. The third-order valence-electron chi connectivity index (χ3n) is 2.44. The number of hydrogen-bond acceptors (Lipinski definition) is 3. The number of nitrogen functional groups attached to an aromatic ring is 1. The minimum Gasteiger partial charge on any atom is -0.494 e. The van der Waals surface area contributed by atoms with Crippen LogP contribution in [0.25, 0.3) is 0 Å². The van der Waals surface area contributed by atoms with Gasteiger partial charge in [0.05, 0.1) is 18.5 Å². The highest BCUT2D eigenvalue weighted by atomic mass is 19.1. The molecule has 0 saturated carbocycles. The Labute approximate surface area is 103 Å². The van der Waals surface area contributed by atoms with E-state index in [1.807, 2.05) is 0 Å². The van der Waals surface area contributed by atoms with Gasteiger partial charge in [-0.3, -0.25) is 0 Å². The molecule has 2 rings (SSSR count). The molecule has 0 fully saturated rings. The van der Waals surface area contributed by atoms with Crippen LogP contribution in [0.4, 0.5) is 25.8 Å². The number of halogens is 2. The van der Waals surface area contributed by atoms with E-state index in [1.165, 1.54) is 37.4 Å². The minimum atomic E-state index is -0.449. The molecule has 3 nitrogen and oxygen atoms in total. The minimum absolute atomic E-state index is 0.126. The highest BCUT2D eigenvalue weighted by Crippen LogP contribution is 2.27. The number of hydrogen-bond donors (Lipinski definition) is 2. The van der Waals surface area contributed by atoms with E-state index >= 15 is 0 Å². The summed E-state index contributed by atoms with van der Waals surface area (Å²) < 4.78 is 31.0. The van der Waals surface area contributed by atoms with Crippen molar-refractivity contribution in [2.75, 3.05) is 18.2 Å². The first-order valence-corrected chi connectivity index (χ1v) is 5.26. The van der Waals surface area contributed by atoms with Gasteiger partial charge in [-0.1, -0.05) is 0 Å². The van der Waals surface area contributed by atoms with Crippen LogP contribution in [-0.4, -0.2) is 7.11 Å². The van der Waals surface area contributed by atoms with Gasteiger partial charge < -0.3 is 15.8 Å². The van der Waals surface area contributed by atoms with E-state index in [0.29, 0.717) is 11.4 Å². The summed E-state index contributed by atoms with van der Waals surface area (Å²) in [6, 6.07) is 8.34. The van der Waals surface area contributed by atoms with Crippen LogP contribution in [0.2, 0.25) is 0 Å². The fourth-order valence-corrected chi connectivity index (χ4v) is 1.54. The summed E-state index contributed by atoms with van der Waals surface area (Å²) in [7, 11) is 1.38. The van der Waals surface area contributed by atoms with Gasteiger partial charge in [-0.2, -0.15) is 0 Å². The molecule has 0 aromatic heterocycles. The third kappa shape index (κ3) is 2.51. The summed E-state index contributed by atoms with van der Waals surface area (Å²) in [4.78, 5) is 0. The van der Waals surface area contributed by atoms with Gasteiger partial charge in [0.1, 0.15) is 5.82 Å². The van der Waals surface area contributed by atoms with Crippen LogP contribution in [0.3, 0.4) is 0 Å². The Morgan fingerprint density at radius 2 is 1.89 bits per heavy atom. The normalized spacial score (nSPS) is 10.2. The lowest BCUT2D eigenvalue weighted by molar-refractivity contribution is 0.387. The lowest BCUT2D eigenvalue weighted by Crippen LogP contribution is -1.98. The van der Waals surface area contributed by atoms with Crippen LogP contribution in [0.15, 0.2) is 36.4 Å². The standard InChI is InChI=1S/C13H12F2N2O/c1-18-13-7-9(3-4-10(13)15)17-12-5-2-8(14)6-11(12)16/h2-7,17H,16H2,1H3. The number of anilines is 3. The maximum atomic E-state index is 13.2. The lowest BCUT2D eigenvalue weighted by Gasteiger charge is -2.10. The van der Waals surface area contributed by atoms with E-state index < -0.39 is 11.6 Å². The topological polar surface area (TPSA) is 47.3 Å². The molecule has 94 valence electrons. The van der Waals surface area contributed by atoms with Crippen LogP contribution in [0.5, 0.6) is 5.75 Å². The van der Waals surface area contributed by atoms with E-state index in [-0.39, 0.29) is 11.4 Å². The molecule has 0 aliphatic carbocycles. The average molecular weight is 250 g/mol. The second kappa shape index (κ2) is 4.91. The summed E-state index contributed by atoms with van der Waals surface area (Å²) in [5.74, 6) is -0.731. The van der Waals surface area contributed by atoms with Gasteiger partial charge in [0, 0.05) is 11.8 Å². The first-order chi connectivity index (χ1) is 8.60. The van der Waals surface area contributed by atoms with Crippen LogP contribution < -0.4 is 15.8 Å². The molecule has 0 unspecified atom stereocenters. The zero-order chi connectivity index (χ0) is 13.1. The number of nitrogens with one attached hydrogen (secondary N) is 1. The van der Waals surface area contributed by atoms with E-state index in [9.17, 15) is 8.78 Å². The van der Waals surface area contributed by atoms with Crippen LogP contribution >= 0.6 is 0 Å². The molecule has 0 radical (unpaired) electrons. The summed E-state index contributed by atoms with van der Waals surface area (Å²) in [6.45, 7) is 0. The molecule has 5 heteroatoms. The predicted octanol–water partition coefficient (Wildman–Crippen LogP) is 3.30. The van der Waals surface area contributed by atoms with Crippen molar-refractivity contribution >= 4 is 17.1 Å². The Morgan fingerprint density at radius 3 is 2.56 bits per heavy atom. The monoisotopic (exact) mass is 250 g/mol. The van der Waals surface area contributed by atoms with E-state index in [4.69, 9.17) is 10.5 Å². The van der Waals surface area contributed by atoms with Gasteiger partial charge in [0.15, 0.2) is 11.6 Å². The molecule has 0 heterocycles. The molecule has 18 heavy (non-hydrogen) atoms. The van der Waals surface area contributed by atoms with Crippen molar-refractivity contribution in [3.05, 3.63) is 48.0 Å². The summed E-state index contributed by atoms with van der Waals surface area (Å²) in [5, 5.41) is 2.96. The molecule has 0 saturated heterocycles. The van der Waals surface area contributed by atoms with Gasteiger partial charge >= 0.3 is 0 Å². The van der Waals surface area contributed by atoms with Crippen molar-refractivity contribution in [3.63, 3.8) is 0 Å². The van der Waals surface area contributed by atoms with Gasteiger partial charge in [-0.25, -0.2) is 8.78 Å². The number of rotatable bonds is 3. The maximum Gasteiger partial charge on any atom is 0.165 e. The van der Waals surface area contributed by atoms with Crippen molar-refractivity contribution in [3.8, 4) is 5.75 Å². The van der Waals surface area contributed by atoms with Crippen LogP contribution in [0.1, 0.15) is 0 Å². The highest BCUT2D eigenvalue weighted by molar-refractivity contribution is 5.72. The summed E-state index contributed by atoms with van der Waals surface area (Å²) in [6.07, 6.45) is 0. The highest BCUT2D eigenvalue weighted by Gasteiger charge is 2.05. The summed E-state index contributed by atoms with van der Waals surface area (Å²) >= 11 is 0. The van der Waals surface area contributed by atoms with Gasteiger partial charge in [0.25, 0.3) is 0 Å². The SMILES string of the molecule is COc1cc(Nc2ccc(F)cc2N)ccc1F. The number of benzene rings is 2. The van der Waals surface area contributed by atoms with Crippen molar-refractivity contribution in [1.82, 2.24) is 0 Å². The van der Waals surface area contributed by atoms with Gasteiger partial charge in [0.2, 0.25) is 0 Å². The molecule has 0 aliphatic rings. The Morgan fingerprint density at radius 1 is 1.11 bits per heavy atom. The Bertz CT molecular complexity index is 573. The Balaban J connectivity index is 2.28. The van der Waals surface area contributed by atoms with Crippen molar-refractivity contribution in [2.24, 2.45) is 0 Å². The molecular formula is C13H12F2N2O. The molecule has 0 bridgehead atoms. The van der Waals surface area contributed by atoms with Crippen LogP contribution in [-0.2, 0) is 0 Å². The molecule has 0 spiro atoms. The first kappa shape index (κ1) is 12.2. The zero-order valence-electron chi connectivity index (χ0n) is 9.71.